The molecule has 4 atom stereocenters. The zero-order valence-electron chi connectivity index (χ0n) is 12.7. The van der Waals surface area contributed by atoms with Gasteiger partial charge in [0, 0.05) is 17.8 Å². The monoisotopic (exact) mass is 293 g/mol. The number of rotatable bonds is 2. The number of Topliss-reactive ketones (excluding diaryl/α,β-unsaturated/α-hetero) is 1. The van der Waals surface area contributed by atoms with Crippen molar-refractivity contribution in [3.05, 3.63) is 0 Å². The van der Waals surface area contributed by atoms with E-state index in [1.54, 1.807) is 0 Å². The number of ether oxygens (including phenoxy) is 2. The number of ketones is 1. The van der Waals surface area contributed by atoms with Crippen molar-refractivity contribution < 1.29 is 19.4 Å². The lowest BCUT2D eigenvalue weighted by molar-refractivity contribution is -0.233. The van der Waals surface area contributed by atoms with Crippen LogP contribution < -0.4 is 0 Å². The molecule has 5 nitrogen and oxygen atoms in total. The van der Waals surface area contributed by atoms with E-state index >= 15 is 0 Å². The lowest BCUT2D eigenvalue weighted by Crippen LogP contribution is -2.59. The molecule has 5 heteroatoms. The van der Waals surface area contributed by atoms with Crippen LogP contribution in [0.1, 0.15) is 39.5 Å². The molecule has 3 aliphatic rings. The molecule has 0 radical (unpaired) electrons. The van der Waals surface area contributed by atoms with Gasteiger partial charge in [0.15, 0.2) is 11.6 Å². The normalized spacial score (nSPS) is 44.5. The Morgan fingerprint density at radius 2 is 2.00 bits per heavy atom. The largest absolute Gasteiger partial charge is 0.389 e. The van der Waals surface area contributed by atoms with Gasteiger partial charge >= 0.3 is 0 Å². The summed E-state index contributed by atoms with van der Waals surface area (Å²) in [4.78, 5) is 12.6. The first-order valence-electron chi connectivity index (χ1n) is 7.78. The molecule has 1 heterocycles. The molecule has 1 N–H and O–H groups in total. The molecule has 116 valence electrons. The standard InChI is InChI=1S/C16H23NO4/c1-11-3-4-15(10-17)5-6-16(20-7-8-21-16)13(15)14(11,2)12(19)9-18/h11,13,18H,3-9H2,1-2H3/t11-,13+,14+,15+/m1/s1. The summed E-state index contributed by atoms with van der Waals surface area (Å²) in [7, 11) is 0. The quantitative estimate of drug-likeness (QED) is 0.837. The van der Waals surface area contributed by atoms with Gasteiger partial charge in [0.25, 0.3) is 0 Å². The summed E-state index contributed by atoms with van der Waals surface area (Å²) in [6, 6.07) is 2.49. The molecule has 0 amide bonds. The van der Waals surface area contributed by atoms with Gasteiger partial charge in [-0.05, 0) is 25.2 Å². The second kappa shape index (κ2) is 4.77. The Hall–Kier alpha value is -0.960. The van der Waals surface area contributed by atoms with Crippen LogP contribution in [0.4, 0.5) is 0 Å². The zero-order chi connectivity index (χ0) is 15.3. The van der Waals surface area contributed by atoms with Crippen LogP contribution in [-0.2, 0) is 14.3 Å². The van der Waals surface area contributed by atoms with E-state index in [0.717, 1.165) is 12.8 Å². The Morgan fingerprint density at radius 1 is 1.33 bits per heavy atom. The number of nitrogens with zero attached hydrogens (tertiary/aromatic N) is 1. The van der Waals surface area contributed by atoms with Crippen molar-refractivity contribution in [1.29, 1.82) is 5.26 Å². The number of carbonyl (C=O) groups excluding carboxylic acids is 1. The van der Waals surface area contributed by atoms with Crippen LogP contribution in [-0.4, -0.2) is 36.5 Å². The fourth-order valence-corrected chi connectivity index (χ4v) is 5.03. The van der Waals surface area contributed by atoms with Crippen LogP contribution in [0, 0.1) is 34.0 Å². The molecule has 0 aromatic carbocycles. The lowest BCUT2D eigenvalue weighted by atomic mass is 9.50. The van der Waals surface area contributed by atoms with Crippen molar-refractivity contribution >= 4 is 5.78 Å². The summed E-state index contributed by atoms with van der Waals surface area (Å²) in [5.41, 5.74) is -1.35. The molecule has 1 saturated heterocycles. The van der Waals surface area contributed by atoms with Crippen molar-refractivity contribution in [2.24, 2.45) is 22.7 Å². The first-order chi connectivity index (χ1) is 9.95. The predicted octanol–water partition coefficient (Wildman–Crippen LogP) is 1.65. The molecule has 0 aromatic rings. The van der Waals surface area contributed by atoms with E-state index in [2.05, 4.69) is 6.07 Å². The minimum absolute atomic E-state index is 0.103. The Bertz CT molecular complexity index is 493. The first-order valence-corrected chi connectivity index (χ1v) is 7.78. The molecular weight excluding hydrogens is 270 g/mol. The van der Waals surface area contributed by atoms with Crippen LogP contribution >= 0.6 is 0 Å². The van der Waals surface area contributed by atoms with Gasteiger partial charge in [-0.3, -0.25) is 4.79 Å². The summed E-state index contributed by atoms with van der Waals surface area (Å²) in [6.45, 7) is 4.46. The maximum Gasteiger partial charge on any atom is 0.173 e. The summed E-state index contributed by atoms with van der Waals surface area (Å²) in [5.74, 6) is -1.20. The fraction of sp³-hybridized carbons (Fsp3) is 0.875. The summed E-state index contributed by atoms with van der Waals surface area (Å²) >= 11 is 0. The van der Waals surface area contributed by atoms with Gasteiger partial charge in [0.2, 0.25) is 0 Å². The molecule has 3 fully saturated rings. The Balaban J connectivity index is 2.13. The molecule has 21 heavy (non-hydrogen) atoms. The van der Waals surface area contributed by atoms with Gasteiger partial charge in [0.05, 0.1) is 24.7 Å². The molecule has 1 spiro atoms. The van der Waals surface area contributed by atoms with E-state index in [4.69, 9.17) is 9.47 Å². The average molecular weight is 293 g/mol. The first kappa shape index (κ1) is 15.0. The fourth-order valence-electron chi connectivity index (χ4n) is 5.03. The number of carbonyl (C=O) groups is 1. The molecule has 1 aliphatic heterocycles. The Labute approximate surface area is 125 Å². The highest BCUT2D eigenvalue weighted by Gasteiger charge is 2.70. The molecule has 2 aliphatic carbocycles. The summed E-state index contributed by atoms with van der Waals surface area (Å²) in [5, 5.41) is 19.3. The maximum absolute atomic E-state index is 12.6. The second-order valence-corrected chi connectivity index (χ2v) is 7.01. The van der Waals surface area contributed by atoms with Crippen molar-refractivity contribution in [2.45, 2.75) is 45.3 Å². The van der Waals surface area contributed by atoms with Gasteiger partial charge in [-0.25, -0.2) is 0 Å². The van der Waals surface area contributed by atoms with Crippen molar-refractivity contribution in [3.63, 3.8) is 0 Å². The van der Waals surface area contributed by atoms with Gasteiger partial charge in [-0.2, -0.15) is 5.26 Å². The Kier molecular flexibility index (Phi) is 3.40. The highest BCUT2D eigenvalue weighted by Crippen LogP contribution is 2.66. The van der Waals surface area contributed by atoms with Crippen LogP contribution in [0.15, 0.2) is 0 Å². The van der Waals surface area contributed by atoms with E-state index in [0.29, 0.717) is 26.1 Å². The highest BCUT2D eigenvalue weighted by atomic mass is 16.7. The van der Waals surface area contributed by atoms with Gasteiger partial charge in [-0.1, -0.05) is 13.8 Å². The SMILES string of the molecule is C[C@@H]1CC[C@@]2(C#N)CCC3(OCCO3)[C@H]2[C@]1(C)C(=O)CO. The molecular formula is C16H23NO4. The maximum atomic E-state index is 12.6. The minimum atomic E-state index is -0.815. The van der Waals surface area contributed by atoms with Crippen LogP contribution in [0.25, 0.3) is 0 Å². The lowest BCUT2D eigenvalue weighted by Gasteiger charge is -2.53. The highest BCUT2D eigenvalue weighted by molar-refractivity contribution is 5.86. The average Bonchev–Trinajstić information content (AvgIpc) is 3.10. The number of nitriles is 1. The molecule has 0 bridgehead atoms. The van der Waals surface area contributed by atoms with Crippen LogP contribution in [0.3, 0.4) is 0 Å². The third-order valence-electron chi connectivity index (χ3n) is 6.30. The molecule has 2 saturated carbocycles. The van der Waals surface area contributed by atoms with Crippen LogP contribution in [0.2, 0.25) is 0 Å². The third-order valence-corrected chi connectivity index (χ3v) is 6.30. The topological polar surface area (TPSA) is 79.5 Å². The van der Waals surface area contributed by atoms with Crippen LogP contribution in [0.5, 0.6) is 0 Å². The van der Waals surface area contributed by atoms with Crippen molar-refractivity contribution in [2.75, 3.05) is 19.8 Å². The molecule has 0 aromatic heterocycles. The second-order valence-electron chi connectivity index (χ2n) is 7.01. The van der Waals surface area contributed by atoms with Gasteiger partial charge < -0.3 is 14.6 Å². The zero-order valence-corrected chi connectivity index (χ0v) is 12.7. The number of hydrogen-bond acceptors (Lipinski definition) is 5. The van der Waals surface area contributed by atoms with Gasteiger partial charge in [0.1, 0.15) is 6.61 Å². The minimum Gasteiger partial charge on any atom is -0.389 e. The van der Waals surface area contributed by atoms with E-state index in [1.165, 1.54) is 0 Å². The molecule has 3 rings (SSSR count). The summed E-state index contributed by atoms with van der Waals surface area (Å²) < 4.78 is 11.9. The predicted molar refractivity (Wildman–Crippen MR) is 74.0 cm³/mol. The van der Waals surface area contributed by atoms with E-state index in [9.17, 15) is 15.2 Å². The van der Waals surface area contributed by atoms with E-state index in [-0.39, 0.29) is 17.6 Å². The van der Waals surface area contributed by atoms with Crippen molar-refractivity contribution in [3.8, 4) is 6.07 Å². The van der Waals surface area contributed by atoms with Gasteiger partial charge in [-0.15, -0.1) is 0 Å². The smallest absolute Gasteiger partial charge is 0.173 e. The van der Waals surface area contributed by atoms with E-state index < -0.39 is 23.2 Å². The molecule has 0 unspecified atom stereocenters. The third kappa shape index (κ3) is 1.76. The number of fused-ring (bicyclic) bond motifs is 2. The van der Waals surface area contributed by atoms with Crippen molar-refractivity contribution in [1.82, 2.24) is 0 Å². The summed E-state index contributed by atoms with van der Waals surface area (Å²) in [6.07, 6.45) is 2.96. The number of aliphatic hydroxyl groups excluding tert-OH is 1. The number of hydrogen-bond donors (Lipinski definition) is 1. The Morgan fingerprint density at radius 3 is 2.57 bits per heavy atom. The number of aliphatic hydroxyl groups is 1. The van der Waals surface area contributed by atoms with E-state index in [1.807, 2.05) is 13.8 Å².